The van der Waals surface area contributed by atoms with E-state index >= 15 is 0 Å². The molecule has 20 heavy (non-hydrogen) atoms. The number of nitrogens with one attached hydrogen (secondary N) is 2. The van der Waals surface area contributed by atoms with E-state index in [1.807, 2.05) is 24.3 Å². The maximum Gasteiger partial charge on any atom is 0.315 e. The molecule has 112 valence electrons. The van der Waals surface area contributed by atoms with Gasteiger partial charge in [0.2, 0.25) is 0 Å². The van der Waals surface area contributed by atoms with E-state index in [4.69, 9.17) is 9.84 Å². The van der Waals surface area contributed by atoms with E-state index in [2.05, 4.69) is 24.5 Å². The van der Waals surface area contributed by atoms with E-state index in [0.29, 0.717) is 19.1 Å². The Bertz CT molecular complexity index is 404. The van der Waals surface area contributed by atoms with Crippen molar-refractivity contribution in [2.75, 3.05) is 13.2 Å². The number of carbonyl (C=O) groups is 1. The van der Waals surface area contributed by atoms with Crippen LogP contribution < -0.4 is 15.4 Å². The van der Waals surface area contributed by atoms with Crippen LogP contribution in [0.25, 0.3) is 0 Å². The van der Waals surface area contributed by atoms with Crippen molar-refractivity contribution in [1.82, 2.24) is 10.6 Å². The summed E-state index contributed by atoms with van der Waals surface area (Å²) in [6.07, 6.45) is 0. The number of hydrogen-bond acceptors (Lipinski definition) is 3. The SMILES string of the molecule is CC(C)COc1ccc(CNC(=O)N[C@@H](C)CO)cc1. The van der Waals surface area contributed by atoms with Crippen LogP contribution in [0, 0.1) is 5.92 Å². The van der Waals surface area contributed by atoms with Gasteiger partial charge in [-0.15, -0.1) is 0 Å². The predicted molar refractivity (Wildman–Crippen MR) is 78.7 cm³/mol. The van der Waals surface area contributed by atoms with Gasteiger partial charge in [0.05, 0.1) is 19.3 Å². The molecule has 0 unspecified atom stereocenters. The number of urea groups is 1. The van der Waals surface area contributed by atoms with Crippen LogP contribution in [0.5, 0.6) is 5.75 Å². The van der Waals surface area contributed by atoms with Crippen molar-refractivity contribution in [3.63, 3.8) is 0 Å². The van der Waals surface area contributed by atoms with Crippen LogP contribution in [0.3, 0.4) is 0 Å². The molecule has 1 rings (SSSR count). The number of carbonyl (C=O) groups excluding carboxylic acids is 1. The molecule has 0 heterocycles. The molecule has 0 fully saturated rings. The minimum Gasteiger partial charge on any atom is -0.493 e. The van der Waals surface area contributed by atoms with Gasteiger partial charge in [0.1, 0.15) is 5.75 Å². The predicted octanol–water partition coefficient (Wildman–Crippen LogP) is 1.90. The molecule has 0 aliphatic heterocycles. The molecule has 0 spiro atoms. The average molecular weight is 280 g/mol. The zero-order valence-electron chi connectivity index (χ0n) is 12.3. The summed E-state index contributed by atoms with van der Waals surface area (Å²) in [6.45, 7) is 7.00. The first-order valence-electron chi connectivity index (χ1n) is 6.88. The second-order valence-electron chi connectivity index (χ2n) is 5.26. The number of aliphatic hydroxyl groups excluding tert-OH is 1. The number of hydrogen-bond donors (Lipinski definition) is 3. The quantitative estimate of drug-likeness (QED) is 0.714. The van der Waals surface area contributed by atoms with Crippen LogP contribution in [0.4, 0.5) is 4.79 Å². The van der Waals surface area contributed by atoms with Crippen molar-refractivity contribution in [2.24, 2.45) is 5.92 Å². The van der Waals surface area contributed by atoms with Crippen molar-refractivity contribution >= 4 is 6.03 Å². The lowest BCUT2D eigenvalue weighted by Gasteiger charge is -2.12. The normalized spacial score (nSPS) is 12.1. The van der Waals surface area contributed by atoms with Crippen LogP contribution in [0.15, 0.2) is 24.3 Å². The molecule has 0 bridgehead atoms. The van der Waals surface area contributed by atoms with Crippen LogP contribution in [0.1, 0.15) is 26.3 Å². The molecule has 1 atom stereocenters. The first-order valence-corrected chi connectivity index (χ1v) is 6.88. The average Bonchev–Trinajstić information content (AvgIpc) is 2.43. The van der Waals surface area contributed by atoms with Gasteiger partial charge >= 0.3 is 6.03 Å². The molecular weight excluding hydrogens is 256 g/mol. The summed E-state index contributed by atoms with van der Waals surface area (Å²) in [7, 11) is 0. The second-order valence-corrected chi connectivity index (χ2v) is 5.26. The minimum absolute atomic E-state index is 0.0741. The zero-order valence-corrected chi connectivity index (χ0v) is 12.3. The molecule has 5 nitrogen and oxygen atoms in total. The standard InChI is InChI=1S/C15H24N2O3/c1-11(2)10-20-14-6-4-13(5-7-14)8-16-15(19)17-12(3)9-18/h4-7,11-12,18H,8-10H2,1-3H3,(H2,16,17,19)/t12-/m0/s1. The first kappa shape index (κ1) is 16.3. The molecular formula is C15H24N2O3. The lowest BCUT2D eigenvalue weighted by Crippen LogP contribution is -2.41. The maximum atomic E-state index is 11.5. The largest absolute Gasteiger partial charge is 0.493 e. The van der Waals surface area contributed by atoms with E-state index in [0.717, 1.165) is 11.3 Å². The lowest BCUT2D eigenvalue weighted by atomic mass is 10.2. The van der Waals surface area contributed by atoms with Crippen LogP contribution in [0.2, 0.25) is 0 Å². The molecule has 1 aromatic rings. The number of rotatable bonds is 7. The molecule has 3 N–H and O–H groups in total. The molecule has 0 saturated heterocycles. The van der Waals surface area contributed by atoms with Gasteiger partial charge in [0.15, 0.2) is 0 Å². The fraction of sp³-hybridized carbons (Fsp3) is 0.533. The van der Waals surface area contributed by atoms with Gasteiger partial charge < -0.3 is 20.5 Å². The Morgan fingerprint density at radius 1 is 1.25 bits per heavy atom. The summed E-state index contributed by atoms with van der Waals surface area (Å²) in [6, 6.07) is 7.10. The number of benzene rings is 1. The van der Waals surface area contributed by atoms with Crippen LogP contribution in [-0.2, 0) is 6.54 Å². The van der Waals surface area contributed by atoms with Gasteiger partial charge in [-0.1, -0.05) is 26.0 Å². The first-order chi connectivity index (χ1) is 9.51. The van der Waals surface area contributed by atoms with Gasteiger partial charge in [-0.05, 0) is 30.5 Å². The Morgan fingerprint density at radius 3 is 2.45 bits per heavy atom. The lowest BCUT2D eigenvalue weighted by molar-refractivity contribution is 0.220. The molecule has 5 heteroatoms. The Hall–Kier alpha value is -1.75. The Morgan fingerprint density at radius 2 is 1.90 bits per heavy atom. The van der Waals surface area contributed by atoms with Gasteiger partial charge in [-0.3, -0.25) is 0 Å². The van der Waals surface area contributed by atoms with Crippen LogP contribution in [-0.4, -0.2) is 30.4 Å². The summed E-state index contributed by atoms with van der Waals surface area (Å²) in [5.74, 6) is 1.33. The molecule has 0 saturated carbocycles. The van der Waals surface area contributed by atoms with Crippen molar-refractivity contribution in [1.29, 1.82) is 0 Å². The third kappa shape index (κ3) is 6.43. The molecule has 2 amide bonds. The van der Waals surface area contributed by atoms with Crippen molar-refractivity contribution in [3.8, 4) is 5.75 Å². The van der Waals surface area contributed by atoms with E-state index in [1.54, 1.807) is 6.92 Å². The van der Waals surface area contributed by atoms with Gasteiger partial charge in [0, 0.05) is 6.54 Å². The third-order valence-electron chi connectivity index (χ3n) is 2.61. The molecule has 0 aromatic heterocycles. The smallest absolute Gasteiger partial charge is 0.315 e. The zero-order chi connectivity index (χ0) is 15.0. The summed E-state index contributed by atoms with van der Waals surface area (Å²) in [4.78, 5) is 11.5. The monoisotopic (exact) mass is 280 g/mol. The van der Waals surface area contributed by atoms with Crippen molar-refractivity contribution in [2.45, 2.75) is 33.4 Å². The molecule has 0 aliphatic rings. The minimum atomic E-state index is -0.285. The topological polar surface area (TPSA) is 70.6 Å². The summed E-state index contributed by atoms with van der Waals surface area (Å²) in [5.41, 5.74) is 0.994. The number of ether oxygens (including phenoxy) is 1. The summed E-state index contributed by atoms with van der Waals surface area (Å²) in [5, 5.41) is 14.2. The molecule has 0 aliphatic carbocycles. The second kappa shape index (κ2) is 8.43. The highest BCUT2D eigenvalue weighted by molar-refractivity contribution is 5.74. The van der Waals surface area contributed by atoms with Gasteiger partial charge in [-0.25, -0.2) is 4.79 Å². The van der Waals surface area contributed by atoms with Crippen molar-refractivity contribution in [3.05, 3.63) is 29.8 Å². The molecule has 0 radical (unpaired) electrons. The summed E-state index contributed by atoms with van der Waals surface area (Å²) < 4.78 is 5.59. The van der Waals surface area contributed by atoms with E-state index in [9.17, 15) is 4.79 Å². The Balaban J connectivity index is 2.36. The highest BCUT2D eigenvalue weighted by atomic mass is 16.5. The van der Waals surface area contributed by atoms with E-state index in [-0.39, 0.29) is 18.7 Å². The Kier molecular flexibility index (Phi) is 6.87. The molecule has 1 aromatic carbocycles. The van der Waals surface area contributed by atoms with E-state index < -0.39 is 0 Å². The maximum absolute atomic E-state index is 11.5. The fourth-order valence-electron chi connectivity index (χ4n) is 1.47. The van der Waals surface area contributed by atoms with Gasteiger partial charge in [-0.2, -0.15) is 0 Å². The van der Waals surface area contributed by atoms with E-state index in [1.165, 1.54) is 0 Å². The fourth-order valence-corrected chi connectivity index (χ4v) is 1.47. The Labute approximate surface area is 120 Å². The number of aliphatic hydroxyl groups is 1. The third-order valence-corrected chi connectivity index (χ3v) is 2.61. The van der Waals surface area contributed by atoms with Crippen LogP contribution >= 0.6 is 0 Å². The number of amides is 2. The highest BCUT2D eigenvalue weighted by Gasteiger charge is 2.05. The summed E-state index contributed by atoms with van der Waals surface area (Å²) >= 11 is 0. The highest BCUT2D eigenvalue weighted by Crippen LogP contribution is 2.13. The van der Waals surface area contributed by atoms with Crippen molar-refractivity contribution < 1.29 is 14.6 Å². The van der Waals surface area contributed by atoms with Gasteiger partial charge in [0.25, 0.3) is 0 Å².